The molecule has 1 saturated heterocycles. The molecule has 1 aliphatic heterocycles. The predicted octanol–water partition coefficient (Wildman–Crippen LogP) is 2.05. The van der Waals surface area contributed by atoms with Gasteiger partial charge >= 0.3 is 0 Å². The number of aliphatic hydroxyl groups is 1. The lowest BCUT2D eigenvalue weighted by Crippen LogP contribution is -2.31. The van der Waals surface area contributed by atoms with Crippen LogP contribution in [0.1, 0.15) is 28.4 Å². The maximum absolute atomic E-state index is 13.1. The Morgan fingerprint density at radius 1 is 1.17 bits per heavy atom. The van der Waals surface area contributed by atoms with Crippen LogP contribution in [-0.2, 0) is 0 Å². The monoisotopic (exact) mass is 326 g/mol. The van der Waals surface area contributed by atoms with E-state index in [2.05, 4.69) is 15.4 Å². The van der Waals surface area contributed by atoms with Gasteiger partial charge in [0.1, 0.15) is 16.9 Å². The number of nitrogens with one attached hydrogen (secondary N) is 1. The second-order valence-corrected chi connectivity index (χ2v) is 5.94. The first kappa shape index (κ1) is 14.8. The van der Waals surface area contributed by atoms with Crippen LogP contribution in [0.4, 0.5) is 4.39 Å². The first-order valence-corrected chi connectivity index (χ1v) is 7.67. The van der Waals surface area contributed by atoms with Crippen LogP contribution in [0.3, 0.4) is 0 Å². The predicted molar refractivity (Wildman–Crippen MR) is 84.7 cm³/mol. The average molecular weight is 326 g/mol. The van der Waals surface area contributed by atoms with Crippen molar-refractivity contribution in [2.75, 3.05) is 6.54 Å². The Kier molecular flexibility index (Phi) is 3.50. The van der Waals surface area contributed by atoms with Crippen molar-refractivity contribution < 1.29 is 14.3 Å². The minimum Gasteiger partial charge on any atom is -0.391 e. The summed E-state index contributed by atoms with van der Waals surface area (Å²) >= 11 is 0. The van der Waals surface area contributed by atoms with E-state index < -0.39 is 6.10 Å². The standard InChI is InChI=1S/C17H15FN4O2/c18-12-4-1-10(2-5-12)16-8-13(23)9-22(16)17(24)11-3-6-14-15(7-11)20-21-19-14/h1-7,13,16,23H,8-9H2,(H,19,20,21)/t13-,16+/m1/s1. The highest BCUT2D eigenvalue weighted by atomic mass is 19.1. The summed E-state index contributed by atoms with van der Waals surface area (Å²) in [5, 5.41) is 20.5. The fourth-order valence-electron chi connectivity index (χ4n) is 3.18. The Bertz CT molecular complexity index is 893. The Morgan fingerprint density at radius 3 is 2.71 bits per heavy atom. The molecule has 1 fully saturated rings. The van der Waals surface area contributed by atoms with Crippen molar-refractivity contribution in [2.45, 2.75) is 18.6 Å². The van der Waals surface area contributed by atoms with Gasteiger partial charge < -0.3 is 10.0 Å². The van der Waals surface area contributed by atoms with Crippen LogP contribution >= 0.6 is 0 Å². The zero-order valence-corrected chi connectivity index (χ0v) is 12.7. The van der Waals surface area contributed by atoms with E-state index in [1.807, 2.05) is 0 Å². The molecule has 0 unspecified atom stereocenters. The molecule has 2 atom stereocenters. The number of β-amino-alcohol motifs (C(OH)–C–C–N with tert-alkyl or cyclic N) is 1. The molecule has 3 aromatic rings. The number of H-pyrrole nitrogens is 1. The number of benzene rings is 2. The number of carbonyl (C=O) groups excluding carboxylic acids is 1. The first-order chi connectivity index (χ1) is 11.6. The van der Waals surface area contributed by atoms with Gasteiger partial charge in [-0.1, -0.05) is 12.1 Å². The van der Waals surface area contributed by atoms with Gasteiger partial charge in [-0.15, -0.1) is 0 Å². The Labute approximate surface area is 136 Å². The van der Waals surface area contributed by atoms with Crippen molar-refractivity contribution in [2.24, 2.45) is 0 Å². The van der Waals surface area contributed by atoms with Crippen molar-refractivity contribution in [3.05, 3.63) is 59.4 Å². The minimum atomic E-state index is -0.597. The van der Waals surface area contributed by atoms with E-state index >= 15 is 0 Å². The molecule has 0 radical (unpaired) electrons. The Balaban J connectivity index is 1.67. The Hall–Kier alpha value is -2.80. The lowest BCUT2D eigenvalue weighted by molar-refractivity contribution is 0.0716. The SMILES string of the molecule is O=C(c1ccc2n[nH]nc2c1)N1C[C@H](O)C[C@H]1c1ccc(F)cc1. The summed E-state index contributed by atoms with van der Waals surface area (Å²) in [5.74, 6) is -0.516. The molecular formula is C17H15FN4O2. The minimum absolute atomic E-state index is 0.189. The van der Waals surface area contributed by atoms with Crippen LogP contribution in [0.2, 0.25) is 0 Å². The molecule has 1 aliphatic rings. The molecule has 1 amide bonds. The summed E-state index contributed by atoms with van der Waals surface area (Å²) in [6, 6.07) is 10.9. The molecule has 1 aromatic heterocycles. The zero-order chi connectivity index (χ0) is 16.7. The van der Waals surface area contributed by atoms with Crippen LogP contribution in [0.25, 0.3) is 11.0 Å². The zero-order valence-electron chi connectivity index (χ0n) is 12.7. The lowest BCUT2D eigenvalue weighted by atomic mass is 10.0. The van der Waals surface area contributed by atoms with Gasteiger partial charge in [-0.05, 0) is 42.3 Å². The molecule has 0 spiro atoms. The third-order valence-corrected chi connectivity index (χ3v) is 4.36. The van der Waals surface area contributed by atoms with E-state index in [1.54, 1.807) is 35.2 Å². The summed E-state index contributed by atoms with van der Waals surface area (Å²) in [4.78, 5) is 14.5. The normalized spacial score (nSPS) is 20.7. The van der Waals surface area contributed by atoms with Crippen LogP contribution in [0.5, 0.6) is 0 Å². The highest BCUT2D eigenvalue weighted by Crippen LogP contribution is 2.33. The summed E-state index contributed by atoms with van der Waals surface area (Å²) in [6.45, 7) is 0.248. The molecule has 0 bridgehead atoms. The van der Waals surface area contributed by atoms with E-state index in [0.717, 1.165) is 5.56 Å². The van der Waals surface area contributed by atoms with Gasteiger partial charge in [-0.25, -0.2) is 4.39 Å². The number of hydrogen-bond acceptors (Lipinski definition) is 4. The number of fused-ring (bicyclic) bond motifs is 1. The number of halogens is 1. The van der Waals surface area contributed by atoms with Gasteiger partial charge in [0, 0.05) is 12.1 Å². The maximum Gasteiger partial charge on any atom is 0.254 e. The number of carbonyl (C=O) groups is 1. The maximum atomic E-state index is 13.1. The van der Waals surface area contributed by atoms with Gasteiger partial charge in [0.15, 0.2) is 0 Å². The van der Waals surface area contributed by atoms with E-state index in [-0.39, 0.29) is 24.3 Å². The van der Waals surface area contributed by atoms with E-state index in [9.17, 15) is 14.3 Å². The third-order valence-electron chi connectivity index (χ3n) is 4.36. The van der Waals surface area contributed by atoms with Crippen molar-refractivity contribution in [1.29, 1.82) is 0 Å². The topological polar surface area (TPSA) is 82.1 Å². The molecule has 4 rings (SSSR count). The van der Waals surface area contributed by atoms with Crippen molar-refractivity contribution >= 4 is 16.9 Å². The Morgan fingerprint density at radius 2 is 1.92 bits per heavy atom. The fourth-order valence-corrected chi connectivity index (χ4v) is 3.18. The number of amides is 1. The molecular weight excluding hydrogens is 311 g/mol. The number of nitrogens with zero attached hydrogens (tertiary/aromatic N) is 3. The van der Waals surface area contributed by atoms with Crippen molar-refractivity contribution in [3.8, 4) is 0 Å². The molecule has 2 heterocycles. The van der Waals surface area contributed by atoms with Crippen LogP contribution in [0.15, 0.2) is 42.5 Å². The first-order valence-electron chi connectivity index (χ1n) is 7.67. The molecule has 24 heavy (non-hydrogen) atoms. The number of aromatic nitrogens is 3. The van der Waals surface area contributed by atoms with Crippen molar-refractivity contribution in [1.82, 2.24) is 20.3 Å². The number of rotatable bonds is 2. The second kappa shape index (κ2) is 5.68. The van der Waals surface area contributed by atoms with E-state index in [4.69, 9.17) is 0 Å². The fraction of sp³-hybridized carbons (Fsp3) is 0.235. The number of aromatic amines is 1. The van der Waals surface area contributed by atoms with E-state index in [1.165, 1.54) is 12.1 Å². The van der Waals surface area contributed by atoms with Gasteiger partial charge in [-0.3, -0.25) is 4.79 Å². The lowest BCUT2D eigenvalue weighted by Gasteiger charge is -2.25. The number of hydrogen-bond donors (Lipinski definition) is 2. The quantitative estimate of drug-likeness (QED) is 0.755. The molecule has 2 N–H and O–H groups in total. The smallest absolute Gasteiger partial charge is 0.254 e. The van der Waals surface area contributed by atoms with E-state index in [0.29, 0.717) is 23.0 Å². The molecule has 122 valence electrons. The highest BCUT2D eigenvalue weighted by Gasteiger charge is 2.35. The van der Waals surface area contributed by atoms with Crippen LogP contribution < -0.4 is 0 Å². The molecule has 0 aliphatic carbocycles. The van der Waals surface area contributed by atoms with Gasteiger partial charge in [0.2, 0.25) is 0 Å². The summed E-state index contributed by atoms with van der Waals surface area (Å²) < 4.78 is 13.1. The molecule has 2 aromatic carbocycles. The van der Waals surface area contributed by atoms with Gasteiger partial charge in [0.05, 0.1) is 12.1 Å². The number of likely N-dealkylation sites (tertiary alicyclic amines) is 1. The van der Waals surface area contributed by atoms with Crippen LogP contribution in [-0.4, -0.2) is 44.0 Å². The third kappa shape index (κ3) is 2.52. The second-order valence-electron chi connectivity index (χ2n) is 5.94. The van der Waals surface area contributed by atoms with Gasteiger partial charge in [-0.2, -0.15) is 15.4 Å². The van der Waals surface area contributed by atoms with Crippen LogP contribution in [0, 0.1) is 5.82 Å². The summed E-state index contributed by atoms with van der Waals surface area (Å²) in [6.07, 6.45) is -0.163. The van der Waals surface area contributed by atoms with Crippen molar-refractivity contribution in [3.63, 3.8) is 0 Å². The van der Waals surface area contributed by atoms with Gasteiger partial charge in [0.25, 0.3) is 5.91 Å². The average Bonchev–Trinajstić information content (AvgIpc) is 3.20. The molecule has 0 saturated carbocycles. The number of aliphatic hydroxyl groups excluding tert-OH is 1. The molecule has 7 heteroatoms. The highest BCUT2D eigenvalue weighted by molar-refractivity contribution is 5.97. The molecule has 6 nitrogen and oxygen atoms in total. The summed E-state index contributed by atoms with van der Waals surface area (Å²) in [5.41, 5.74) is 2.59. The summed E-state index contributed by atoms with van der Waals surface area (Å²) in [7, 11) is 0. The largest absolute Gasteiger partial charge is 0.391 e.